The summed E-state index contributed by atoms with van der Waals surface area (Å²) in [5, 5.41) is 0.716. The summed E-state index contributed by atoms with van der Waals surface area (Å²) in [4.78, 5) is 0. The maximum absolute atomic E-state index is 6.42. The molecule has 0 aromatic heterocycles. The second-order valence-corrected chi connectivity index (χ2v) is 4.93. The van der Waals surface area contributed by atoms with Crippen LogP contribution in [0.3, 0.4) is 0 Å². The lowest BCUT2D eigenvalue weighted by Crippen LogP contribution is -2.40. The van der Waals surface area contributed by atoms with Gasteiger partial charge in [-0.1, -0.05) is 48.0 Å². The van der Waals surface area contributed by atoms with Crippen LogP contribution in [0.2, 0.25) is 5.02 Å². The first-order valence-corrected chi connectivity index (χ1v) is 5.62. The highest BCUT2D eigenvalue weighted by atomic mass is 35.5. The number of alkyl halides is 1. The Balaban J connectivity index is 2.98. The fourth-order valence-corrected chi connectivity index (χ4v) is 2.03. The number of hydrogen-bond donors (Lipinski definition) is 0. The van der Waals surface area contributed by atoms with E-state index in [-0.39, 0.29) is 5.50 Å². The second-order valence-electron chi connectivity index (χ2n) is 4.11. The molecule has 0 fully saturated rings. The van der Waals surface area contributed by atoms with Crippen molar-refractivity contribution in [3.63, 3.8) is 0 Å². The molecule has 0 bridgehead atoms. The first-order valence-electron chi connectivity index (χ1n) is 4.81. The molecular weight excluding hydrogens is 229 g/mol. The lowest BCUT2D eigenvalue weighted by atomic mass is 10.2. The lowest BCUT2D eigenvalue weighted by Gasteiger charge is -2.33. The third-order valence-corrected chi connectivity index (χ3v) is 3.48. The van der Waals surface area contributed by atoms with E-state index in [1.165, 1.54) is 0 Å². The van der Waals surface area contributed by atoms with Crippen molar-refractivity contribution in [2.45, 2.75) is 5.50 Å². The molecule has 0 heterocycles. The minimum atomic E-state index is -0.156. The average Bonchev–Trinajstić information content (AvgIpc) is 2.17. The Bertz CT molecular complexity index is 347. The summed E-state index contributed by atoms with van der Waals surface area (Å²) in [6.45, 7) is 4.54. The van der Waals surface area contributed by atoms with Crippen LogP contribution < -0.4 is 0 Å². The topological polar surface area (TPSA) is 0 Å². The molecule has 0 aliphatic rings. The molecule has 1 rings (SSSR count). The molecule has 15 heavy (non-hydrogen) atoms. The summed E-state index contributed by atoms with van der Waals surface area (Å²) < 4.78 is 0.634. The number of rotatable bonds is 4. The predicted octanol–water partition coefficient (Wildman–Crippen LogP) is 3.84. The Hall–Kier alpha value is -0.500. The molecule has 0 saturated heterocycles. The number of halogens is 2. The van der Waals surface area contributed by atoms with Crippen molar-refractivity contribution in [2.75, 3.05) is 20.6 Å². The van der Waals surface area contributed by atoms with Crippen molar-refractivity contribution in [1.82, 2.24) is 0 Å². The number of likely N-dealkylation sites (N-methyl/N-ethyl adjacent to an activating group) is 1. The average molecular weight is 245 g/mol. The third kappa shape index (κ3) is 2.97. The van der Waals surface area contributed by atoms with E-state index in [1.807, 2.05) is 30.3 Å². The van der Waals surface area contributed by atoms with Gasteiger partial charge in [0.1, 0.15) is 0 Å². The molecule has 3 heteroatoms. The van der Waals surface area contributed by atoms with E-state index in [1.54, 1.807) is 0 Å². The summed E-state index contributed by atoms with van der Waals surface area (Å²) in [6.07, 6.45) is 1.87. The molecule has 0 radical (unpaired) electrons. The van der Waals surface area contributed by atoms with Gasteiger partial charge in [0.25, 0.3) is 0 Å². The van der Waals surface area contributed by atoms with Crippen molar-refractivity contribution in [3.8, 4) is 0 Å². The van der Waals surface area contributed by atoms with Crippen molar-refractivity contribution in [3.05, 3.63) is 47.5 Å². The monoisotopic (exact) mass is 244 g/mol. The van der Waals surface area contributed by atoms with Gasteiger partial charge in [0.2, 0.25) is 0 Å². The molecule has 0 aliphatic carbocycles. The molecule has 1 aromatic carbocycles. The normalized spacial score (nSPS) is 13.6. The van der Waals surface area contributed by atoms with Crippen LogP contribution in [0, 0.1) is 0 Å². The zero-order chi connectivity index (χ0) is 11.5. The van der Waals surface area contributed by atoms with Gasteiger partial charge < -0.3 is 4.48 Å². The largest absolute Gasteiger partial charge is 0.306 e. The summed E-state index contributed by atoms with van der Waals surface area (Å²) >= 11 is 12.5. The van der Waals surface area contributed by atoms with E-state index in [0.29, 0.717) is 9.51 Å². The zero-order valence-electron chi connectivity index (χ0n) is 9.08. The van der Waals surface area contributed by atoms with Crippen LogP contribution in [0.5, 0.6) is 0 Å². The fourth-order valence-electron chi connectivity index (χ4n) is 1.47. The fraction of sp³-hybridized carbons (Fsp3) is 0.333. The quantitative estimate of drug-likeness (QED) is 0.327. The van der Waals surface area contributed by atoms with Crippen LogP contribution in [0.4, 0.5) is 0 Å². The standard InChI is InChI=1S/C12H16Cl2N/c1-4-9-15(2,3)12(14)10-7-5-6-8-11(10)13/h4-8,12H,1,9H2,2-3H3/q+1. The highest BCUT2D eigenvalue weighted by molar-refractivity contribution is 6.32. The van der Waals surface area contributed by atoms with Crippen LogP contribution >= 0.6 is 23.2 Å². The number of quaternary nitrogens is 1. The molecule has 0 aliphatic heterocycles. The highest BCUT2D eigenvalue weighted by Crippen LogP contribution is 2.33. The smallest absolute Gasteiger partial charge is 0.192 e. The molecule has 1 atom stereocenters. The molecule has 1 nitrogen and oxygen atoms in total. The minimum absolute atomic E-state index is 0.156. The van der Waals surface area contributed by atoms with E-state index in [0.717, 1.165) is 12.1 Å². The van der Waals surface area contributed by atoms with Gasteiger partial charge in [-0.2, -0.15) is 0 Å². The van der Waals surface area contributed by atoms with Crippen LogP contribution in [0.15, 0.2) is 36.9 Å². The number of hydrogen-bond acceptors (Lipinski definition) is 0. The maximum Gasteiger partial charge on any atom is 0.192 e. The lowest BCUT2D eigenvalue weighted by molar-refractivity contribution is -0.902. The van der Waals surface area contributed by atoms with Gasteiger partial charge in [-0.15, -0.1) is 0 Å². The van der Waals surface area contributed by atoms with Gasteiger partial charge in [-0.25, -0.2) is 0 Å². The van der Waals surface area contributed by atoms with Crippen LogP contribution in [0.25, 0.3) is 0 Å². The first-order chi connectivity index (χ1) is 6.99. The summed E-state index contributed by atoms with van der Waals surface area (Å²) in [5.74, 6) is 0. The van der Waals surface area contributed by atoms with E-state index in [2.05, 4.69) is 20.7 Å². The Morgan fingerprint density at radius 1 is 1.40 bits per heavy atom. The molecule has 1 unspecified atom stereocenters. The summed E-state index contributed by atoms with van der Waals surface area (Å²) in [7, 11) is 4.12. The van der Waals surface area contributed by atoms with E-state index in [4.69, 9.17) is 23.2 Å². The molecule has 0 N–H and O–H groups in total. The molecule has 82 valence electrons. The van der Waals surface area contributed by atoms with Gasteiger partial charge in [0.05, 0.1) is 25.7 Å². The van der Waals surface area contributed by atoms with Gasteiger partial charge in [-0.3, -0.25) is 0 Å². The third-order valence-electron chi connectivity index (χ3n) is 2.38. The molecular formula is C12H16Cl2N+. The maximum atomic E-state index is 6.42. The van der Waals surface area contributed by atoms with Crippen molar-refractivity contribution in [2.24, 2.45) is 0 Å². The van der Waals surface area contributed by atoms with E-state index in [9.17, 15) is 0 Å². The van der Waals surface area contributed by atoms with Crippen LogP contribution in [-0.2, 0) is 0 Å². The Morgan fingerprint density at radius 3 is 2.53 bits per heavy atom. The molecule has 0 amide bonds. The number of nitrogens with zero attached hydrogens (tertiary/aromatic N) is 1. The zero-order valence-corrected chi connectivity index (χ0v) is 10.6. The van der Waals surface area contributed by atoms with Gasteiger partial charge in [0, 0.05) is 5.56 Å². The molecule has 0 spiro atoms. The van der Waals surface area contributed by atoms with Gasteiger partial charge in [-0.05, 0) is 12.1 Å². The molecule has 0 saturated carbocycles. The predicted molar refractivity (Wildman–Crippen MR) is 67.2 cm³/mol. The Kier molecular flexibility index (Phi) is 4.21. The van der Waals surface area contributed by atoms with Crippen LogP contribution in [-0.4, -0.2) is 25.1 Å². The van der Waals surface area contributed by atoms with Gasteiger partial charge in [0.15, 0.2) is 5.50 Å². The molecule has 1 aromatic rings. The summed E-state index contributed by atoms with van der Waals surface area (Å²) in [6, 6.07) is 7.68. The summed E-state index contributed by atoms with van der Waals surface area (Å²) in [5.41, 5.74) is 0.810. The SMILES string of the molecule is C=CC[N+](C)(C)C(Cl)c1ccccc1Cl. The Morgan fingerprint density at radius 2 is 2.00 bits per heavy atom. The highest BCUT2D eigenvalue weighted by Gasteiger charge is 2.27. The van der Waals surface area contributed by atoms with Crippen LogP contribution in [0.1, 0.15) is 11.1 Å². The van der Waals surface area contributed by atoms with Crippen molar-refractivity contribution < 1.29 is 4.48 Å². The van der Waals surface area contributed by atoms with E-state index < -0.39 is 0 Å². The van der Waals surface area contributed by atoms with Gasteiger partial charge >= 0.3 is 0 Å². The van der Waals surface area contributed by atoms with E-state index >= 15 is 0 Å². The first kappa shape index (κ1) is 12.6. The number of benzene rings is 1. The van der Waals surface area contributed by atoms with Crippen molar-refractivity contribution in [1.29, 1.82) is 0 Å². The minimum Gasteiger partial charge on any atom is -0.306 e. The Labute approximate surface area is 102 Å². The second kappa shape index (κ2) is 5.02. The van der Waals surface area contributed by atoms with Crippen molar-refractivity contribution >= 4 is 23.2 Å².